The van der Waals surface area contributed by atoms with Gasteiger partial charge in [0.15, 0.2) is 18.9 Å². The highest BCUT2D eigenvalue weighted by Gasteiger charge is 2.53. The summed E-state index contributed by atoms with van der Waals surface area (Å²) in [5.41, 5.74) is 0. The van der Waals surface area contributed by atoms with Gasteiger partial charge in [-0.1, -0.05) is 166 Å². The van der Waals surface area contributed by atoms with Crippen LogP contribution in [0, 0.1) is 0 Å². The minimum atomic E-state index is -1.98. The maximum atomic E-state index is 13.3. The van der Waals surface area contributed by atoms with Crippen molar-refractivity contribution >= 4 is 5.91 Å². The van der Waals surface area contributed by atoms with Crippen LogP contribution in [0.3, 0.4) is 0 Å². The first-order chi connectivity index (χ1) is 36.3. The lowest BCUT2D eigenvalue weighted by molar-refractivity contribution is -0.379. The van der Waals surface area contributed by atoms with Crippen LogP contribution < -0.4 is 5.32 Å². The van der Waals surface area contributed by atoms with E-state index in [2.05, 4.69) is 43.5 Å². The first-order valence-electron chi connectivity index (χ1n) is 28.7. The van der Waals surface area contributed by atoms with Crippen molar-refractivity contribution < 1.29 is 89.4 Å². The van der Waals surface area contributed by atoms with Crippen LogP contribution >= 0.6 is 0 Å². The Morgan fingerprint density at radius 3 is 1.40 bits per heavy atom. The highest BCUT2D eigenvalue weighted by molar-refractivity contribution is 5.76. The van der Waals surface area contributed by atoms with Crippen molar-refractivity contribution in [2.24, 2.45) is 0 Å². The number of nitrogens with one attached hydrogen (secondary N) is 1. The SMILES string of the molecule is CCCC/C=C\C/C=C\CCCCCCCC(=O)NC(COC1OC(CO)C(OC2OC(CO)C(OC3OC(CO)C(O)C(O)C3O)C(O)C2O)C(O)C1O)C(O)/C=C/CCCCCCCCCCCCCCCC. The largest absolute Gasteiger partial charge is 0.394 e. The number of aliphatic hydroxyl groups excluding tert-OH is 11. The molecule has 0 aliphatic carbocycles. The number of ether oxygens (including phenoxy) is 6. The van der Waals surface area contributed by atoms with Crippen LogP contribution in [0.2, 0.25) is 0 Å². The molecule has 0 bridgehead atoms. The number of carbonyl (C=O) groups excluding carboxylic acids is 1. The van der Waals surface area contributed by atoms with Crippen LogP contribution in [-0.2, 0) is 33.2 Å². The molecule has 19 nitrogen and oxygen atoms in total. The lowest BCUT2D eigenvalue weighted by Gasteiger charge is -2.48. The van der Waals surface area contributed by atoms with Gasteiger partial charge in [0.05, 0.1) is 38.6 Å². The van der Waals surface area contributed by atoms with E-state index in [4.69, 9.17) is 28.4 Å². The maximum absolute atomic E-state index is 13.3. The van der Waals surface area contributed by atoms with Crippen molar-refractivity contribution in [1.82, 2.24) is 5.32 Å². The molecule has 0 radical (unpaired) electrons. The molecule has 17 unspecified atom stereocenters. The van der Waals surface area contributed by atoms with E-state index in [0.717, 1.165) is 70.6 Å². The molecule has 0 aromatic rings. The topological polar surface area (TPSA) is 307 Å². The molecule has 17 atom stereocenters. The van der Waals surface area contributed by atoms with Gasteiger partial charge in [-0.2, -0.15) is 0 Å². The van der Waals surface area contributed by atoms with Gasteiger partial charge >= 0.3 is 0 Å². The Bertz CT molecular complexity index is 1520. The average Bonchev–Trinajstić information content (AvgIpc) is 3.41. The van der Waals surface area contributed by atoms with Crippen molar-refractivity contribution in [1.29, 1.82) is 0 Å². The van der Waals surface area contributed by atoms with E-state index >= 15 is 0 Å². The monoisotopic (exact) mass is 1080 g/mol. The predicted octanol–water partition coefficient (Wildman–Crippen LogP) is 4.15. The number of carbonyl (C=O) groups is 1. The molecule has 75 heavy (non-hydrogen) atoms. The van der Waals surface area contributed by atoms with Gasteiger partial charge in [0.1, 0.15) is 73.2 Å². The Morgan fingerprint density at radius 2 is 0.893 bits per heavy atom. The Morgan fingerprint density at radius 1 is 0.480 bits per heavy atom. The second-order valence-electron chi connectivity index (χ2n) is 20.8. The fraction of sp³-hybridized carbons (Fsp3) is 0.875. The van der Waals surface area contributed by atoms with Crippen LogP contribution in [0.4, 0.5) is 0 Å². The summed E-state index contributed by atoms with van der Waals surface area (Å²) in [6.07, 6.45) is 14.1. The van der Waals surface area contributed by atoms with Crippen LogP contribution in [0.1, 0.15) is 181 Å². The summed E-state index contributed by atoms with van der Waals surface area (Å²) in [6, 6.07) is -0.978. The molecule has 0 aromatic carbocycles. The minimum Gasteiger partial charge on any atom is -0.394 e. The molecule has 0 aromatic heterocycles. The van der Waals surface area contributed by atoms with E-state index < -0.39 is 124 Å². The molecule has 19 heteroatoms. The number of aliphatic hydroxyl groups is 11. The van der Waals surface area contributed by atoms with Gasteiger partial charge < -0.3 is 89.9 Å². The van der Waals surface area contributed by atoms with Gasteiger partial charge in [-0.25, -0.2) is 0 Å². The molecule has 3 aliphatic heterocycles. The number of allylic oxidation sites excluding steroid dienone is 5. The molecule has 3 saturated heterocycles. The van der Waals surface area contributed by atoms with Gasteiger partial charge in [-0.05, 0) is 44.9 Å². The molecular weight excluding hydrogens is 975 g/mol. The number of unbranched alkanes of at least 4 members (excludes halogenated alkanes) is 21. The van der Waals surface area contributed by atoms with Gasteiger partial charge in [0.2, 0.25) is 5.91 Å². The summed E-state index contributed by atoms with van der Waals surface area (Å²) in [5.74, 6) is -0.292. The second kappa shape index (κ2) is 40.2. The molecule has 0 spiro atoms. The lowest BCUT2D eigenvalue weighted by atomic mass is 9.96. The molecule has 3 heterocycles. The summed E-state index contributed by atoms with van der Waals surface area (Å²) in [6.45, 7) is 1.65. The first-order valence-corrected chi connectivity index (χ1v) is 28.7. The number of amides is 1. The fourth-order valence-electron chi connectivity index (χ4n) is 9.62. The smallest absolute Gasteiger partial charge is 0.220 e. The highest BCUT2D eigenvalue weighted by Crippen LogP contribution is 2.33. The van der Waals surface area contributed by atoms with Gasteiger partial charge in [-0.3, -0.25) is 4.79 Å². The van der Waals surface area contributed by atoms with Crippen molar-refractivity contribution in [2.75, 3.05) is 26.4 Å². The van der Waals surface area contributed by atoms with E-state index in [-0.39, 0.29) is 18.9 Å². The Labute approximate surface area is 447 Å². The van der Waals surface area contributed by atoms with Crippen molar-refractivity contribution in [3.63, 3.8) is 0 Å². The maximum Gasteiger partial charge on any atom is 0.220 e. The Kier molecular flexibility index (Phi) is 36.1. The third-order valence-corrected chi connectivity index (χ3v) is 14.4. The molecule has 438 valence electrons. The van der Waals surface area contributed by atoms with Gasteiger partial charge in [0, 0.05) is 6.42 Å². The molecule has 3 aliphatic rings. The Hall–Kier alpha value is -1.99. The first kappa shape index (κ1) is 67.3. The van der Waals surface area contributed by atoms with Crippen molar-refractivity contribution in [3.05, 3.63) is 36.5 Å². The van der Waals surface area contributed by atoms with E-state index in [9.17, 15) is 61.0 Å². The molecule has 1 amide bonds. The van der Waals surface area contributed by atoms with E-state index in [1.807, 2.05) is 6.08 Å². The summed E-state index contributed by atoms with van der Waals surface area (Å²) in [4.78, 5) is 13.3. The summed E-state index contributed by atoms with van der Waals surface area (Å²) < 4.78 is 34.2. The van der Waals surface area contributed by atoms with Crippen molar-refractivity contribution in [3.8, 4) is 0 Å². The fourth-order valence-corrected chi connectivity index (χ4v) is 9.62. The third-order valence-electron chi connectivity index (χ3n) is 14.4. The van der Waals surface area contributed by atoms with E-state index in [0.29, 0.717) is 6.42 Å². The second-order valence-corrected chi connectivity index (χ2v) is 20.8. The van der Waals surface area contributed by atoms with Crippen LogP contribution in [0.25, 0.3) is 0 Å². The van der Waals surface area contributed by atoms with Gasteiger partial charge in [-0.15, -0.1) is 0 Å². The van der Waals surface area contributed by atoms with Crippen LogP contribution in [-0.4, -0.2) is 193 Å². The molecule has 3 rings (SSSR count). The number of rotatable bonds is 41. The highest BCUT2D eigenvalue weighted by atomic mass is 16.8. The van der Waals surface area contributed by atoms with E-state index in [1.54, 1.807) is 6.08 Å². The third kappa shape index (κ3) is 24.9. The lowest BCUT2D eigenvalue weighted by Crippen LogP contribution is -2.66. The average molecular weight is 1080 g/mol. The zero-order chi connectivity index (χ0) is 54.8. The summed E-state index contributed by atoms with van der Waals surface area (Å²) >= 11 is 0. The quantitative estimate of drug-likeness (QED) is 0.0302. The summed E-state index contributed by atoms with van der Waals surface area (Å²) in [5, 5.41) is 120. The molecular formula is C56H101NO18. The standard InChI is InChI=1S/C56H101NO18/c1-3-5-7-9-11-13-15-17-19-20-21-23-25-27-29-31-33-40(61)39(57-44(62)34-32-30-28-26-24-22-18-16-14-12-10-8-6-4-2)38-70-54-50(68)47(65)52(42(36-59)72-54)75-56-51(69)48(66)53(43(37-60)73-56)74-55-49(67)46(64)45(63)41(35-58)71-55/h10,12,16,18,31,33,39-43,45-56,58-61,63-69H,3-9,11,13-15,17,19-30,32,34-38H2,1-2H3,(H,57,62)/b12-10-,18-16-,33-31+. The number of hydrogen-bond acceptors (Lipinski definition) is 18. The number of hydrogen-bond donors (Lipinski definition) is 12. The molecule has 12 N–H and O–H groups in total. The Balaban J connectivity index is 1.54. The zero-order valence-corrected chi connectivity index (χ0v) is 45.3. The minimum absolute atomic E-state index is 0.227. The molecule has 0 saturated carbocycles. The van der Waals surface area contributed by atoms with Crippen molar-refractivity contribution in [2.45, 2.75) is 285 Å². The van der Waals surface area contributed by atoms with E-state index in [1.165, 1.54) is 83.5 Å². The van der Waals surface area contributed by atoms with Gasteiger partial charge in [0.25, 0.3) is 0 Å². The molecule has 3 fully saturated rings. The summed E-state index contributed by atoms with van der Waals surface area (Å²) in [7, 11) is 0. The van der Waals surface area contributed by atoms with Crippen LogP contribution in [0.15, 0.2) is 36.5 Å². The zero-order valence-electron chi connectivity index (χ0n) is 45.3. The predicted molar refractivity (Wildman–Crippen MR) is 282 cm³/mol. The van der Waals surface area contributed by atoms with Crippen LogP contribution in [0.5, 0.6) is 0 Å². The normalized spacial score (nSPS) is 31.5.